The Morgan fingerprint density at radius 2 is 1.86 bits per heavy atom. The molecule has 1 aliphatic rings. The number of halogens is 2. The summed E-state index contributed by atoms with van der Waals surface area (Å²) in [7, 11) is 0. The van der Waals surface area contributed by atoms with Gasteiger partial charge in [0.25, 0.3) is 0 Å². The van der Waals surface area contributed by atoms with Crippen molar-refractivity contribution >= 4 is 29.3 Å². The van der Waals surface area contributed by atoms with E-state index in [-0.39, 0.29) is 12.0 Å². The van der Waals surface area contributed by atoms with E-state index >= 15 is 0 Å². The highest BCUT2D eigenvalue weighted by molar-refractivity contribution is 6.36. The minimum atomic E-state index is -0.473. The third-order valence-corrected chi connectivity index (χ3v) is 3.53. The molecule has 1 amide bonds. The van der Waals surface area contributed by atoms with Gasteiger partial charge in [0.2, 0.25) is 0 Å². The summed E-state index contributed by atoms with van der Waals surface area (Å²) in [6.45, 7) is 6.69. The standard InChI is InChI=1S/C16H17Cl2NO2/c1-16(2,3)21-15(20)19-9-11(10-19)7-8-12-13(17)5-4-6-14(12)18/h4-6,11H,9-10H2,1-3H3. The Hall–Kier alpha value is -1.37. The van der Waals surface area contributed by atoms with Gasteiger partial charge in [-0.25, -0.2) is 4.79 Å². The van der Waals surface area contributed by atoms with Crippen molar-refractivity contribution in [3.8, 4) is 11.8 Å². The number of hydrogen-bond acceptors (Lipinski definition) is 2. The van der Waals surface area contributed by atoms with Crippen molar-refractivity contribution in [3.63, 3.8) is 0 Å². The summed E-state index contributed by atoms with van der Waals surface area (Å²) in [5, 5.41) is 1.08. The van der Waals surface area contributed by atoms with Gasteiger partial charge >= 0.3 is 6.09 Å². The Kier molecular flexibility index (Phi) is 4.70. The summed E-state index contributed by atoms with van der Waals surface area (Å²) in [6, 6.07) is 5.29. The highest BCUT2D eigenvalue weighted by Crippen LogP contribution is 2.24. The monoisotopic (exact) mass is 325 g/mol. The van der Waals surface area contributed by atoms with Crippen molar-refractivity contribution < 1.29 is 9.53 Å². The van der Waals surface area contributed by atoms with E-state index in [2.05, 4.69) is 11.8 Å². The highest BCUT2D eigenvalue weighted by atomic mass is 35.5. The normalized spacial score (nSPS) is 15.0. The van der Waals surface area contributed by atoms with Gasteiger partial charge in [0.1, 0.15) is 5.60 Å². The third-order valence-electron chi connectivity index (χ3n) is 2.90. The number of nitrogens with zero attached hydrogens (tertiary/aromatic N) is 1. The van der Waals surface area contributed by atoms with Crippen molar-refractivity contribution in [2.45, 2.75) is 26.4 Å². The number of carbonyl (C=O) groups excluding carboxylic acids is 1. The molecule has 0 atom stereocenters. The maximum Gasteiger partial charge on any atom is 0.410 e. The van der Waals surface area contributed by atoms with Gasteiger partial charge in [-0.15, -0.1) is 0 Å². The first-order valence-electron chi connectivity index (χ1n) is 6.70. The molecule has 0 spiro atoms. The van der Waals surface area contributed by atoms with Crippen LogP contribution in [0.3, 0.4) is 0 Å². The van der Waals surface area contributed by atoms with Crippen LogP contribution in [0.25, 0.3) is 0 Å². The van der Waals surface area contributed by atoms with Gasteiger partial charge in [0.05, 0.1) is 21.5 Å². The van der Waals surface area contributed by atoms with E-state index in [1.165, 1.54) is 0 Å². The summed E-state index contributed by atoms with van der Waals surface area (Å²) in [4.78, 5) is 13.4. The van der Waals surface area contributed by atoms with E-state index in [1.54, 1.807) is 23.1 Å². The molecular formula is C16H17Cl2NO2. The summed E-state index contributed by atoms with van der Waals surface area (Å²) in [6.07, 6.45) is -0.295. The molecule has 0 saturated carbocycles. The Morgan fingerprint density at radius 1 is 1.29 bits per heavy atom. The van der Waals surface area contributed by atoms with Crippen molar-refractivity contribution in [3.05, 3.63) is 33.8 Å². The average Bonchev–Trinajstić information content (AvgIpc) is 2.27. The molecule has 2 rings (SSSR count). The lowest BCUT2D eigenvalue weighted by Crippen LogP contribution is -2.51. The van der Waals surface area contributed by atoms with Crippen LogP contribution in [0.5, 0.6) is 0 Å². The molecule has 1 aromatic rings. The Labute approximate surface area is 135 Å². The number of hydrogen-bond donors (Lipinski definition) is 0. The molecule has 1 aliphatic heterocycles. The number of rotatable bonds is 0. The smallest absolute Gasteiger partial charge is 0.410 e. The first-order chi connectivity index (χ1) is 9.76. The molecule has 112 valence electrons. The van der Waals surface area contributed by atoms with Crippen LogP contribution < -0.4 is 0 Å². The Bertz CT molecular complexity index is 585. The van der Waals surface area contributed by atoms with Crippen LogP contribution in [-0.4, -0.2) is 29.7 Å². The maximum absolute atomic E-state index is 11.8. The molecule has 0 N–H and O–H groups in total. The van der Waals surface area contributed by atoms with Crippen molar-refractivity contribution in [2.75, 3.05) is 13.1 Å². The molecule has 0 unspecified atom stereocenters. The van der Waals surface area contributed by atoms with Crippen LogP contribution in [0, 0.1) is 17.8 Å². The lowest BCUT2D eigenvalue weighted by Gasteiger charge is -2.37. The molecule has 0 aromatic heterocycles. The molecule has 0 radical (unpaired) electrons. The maximum atomic E-state index is 11.8. The molecule has 0 bridgehead atoms. The van der Waals surface area contributed by atoms with Crippen molar-refractivity contribution in [1.82, 2.24) is 4.90 Å². The SMILES string of the molecule is CC(C)(C)OC(=O)N1CC(C#Cc2c(Cl)cccc2Cl)C1. The van der Waals surface area contributed by atoms with Crippen LogP contribution in [0.1, 0.15) is 26.3 Å². The molecule has 1 aromatic carbocycles. The summed E-state index contributed by atoms with van der Waals surface area (Å²) >= 11 is 12.1. The number of ether oxygens (including phenoxy) is 1. The molecule has 21 heavy (non-hydrogen) atoms. The number of amides is 1. The van der Waals surface area contributed by atoms with Gasteiger partial charge < -0.3 is 9.64 Å². The van der Waals surface area contributed by atoms with E-state index in [1.807, 2.05) is 20.8 Å². The molecule has 5 heteroatoms. The lowest BCUT2D eigenvalue weighted by atomic mass is 10.0. The van der Waals surface area contributed by atoms with Gasteiger partial charge in [0, 0.05) is 13.1 Å². The molecule has 0 aliphatic carbocycles. The van der Waals surface area contributed by atoms with Gasteiger partial charge in [0.15, 0.2) is 0 Å². The zero-order chi connectivity index (χ0) is 15.6. The number of likely N-dealkylation sites (tertiary alicyclic amines) is 1. The van der Waals surface area contributed by atoms with Gasteiger partial charge in [-0.2, -0.15) is 0 Å². The van der Waals surface area contributed by atoms with E-state index < -0.39 is 5.60 Å². The van der Waals surface area contributed by atoms with E-state index in [4.69, 9.17) is 27.9 Å². The zero-order valence-electron chi connectivity index (χ0n) is 12.2. The Balaban J connectivity index is 1.92. The second kappa shape index (κ2) is 6.17. The van der Waals surface area contributed by atoms with Gasteiger partial charge in [-0.05, 0) is 32.9 Å². The van der Waals surface area contributed by atoms with Gasteiger partial charge in [-0.1, -0.05) is 41.1 Å². The number of carbonyl (C=O) groups is 1. The fourth-order valence-corrected chi connectivity index (χ4v) is 2.33. The molecule has 1 heterocycles. The lowest BCUT2D eigenvalue weighted by molar-refractivity contribution is 0.00592. The van der Waals surface area contributed by atoms with E-state index in [9.17, 15) is 4.79 Å². The molecule has 3 nitrogen and oxygen atoms in total. The highest BCUT2D eigenvalue weighted by Gasteiger charge is 2.32. The van der Waals surface area contributed by atoms with Crippen LogP contribution >= 0.6 is 23.2 Å². The fraction of sp³-hybridized carbons (Fsp3) is 0.438. The van der Waals surface area contributed by atoms with E-state index in [0.29, 0.717) is 28.7 Å². The van der Waals surface area contributed by atoms with Crippen molar-refractivity contribution in [1.29, 1.82) is 0 Å². The fourth-order valence-electron chi connectivity index (χ4n) is 1.84. The minimum absolute atomic E-state index is 0.129. The van der Waals surface area contributed by atoms with Crippen LogP contribution in [-0.2, 0) is 4.74 Å². The zero-order valence-corrected chi connectivity index (χ0v) is 13.8. The molecule has 1 fully saturated rings. The second-order valence-electron chi connectivity index (χ2n) is 5.95. The Morgan fingerprint density at radius 3 is 2.38 bits per heavy atom. The first-order valence-corrected chi connectivity index (χ1v) is 7.45. The number of benzene rings is 1. The second-order valence-corrected chi connectivity index (χ2v) is 6.76. The average molecular weight is 326 g/mol. The summed E-state index contributed by atoms with van der Waals surface area (Å²) < 4.78 is 5.29. The summed E-state index contributed by atoms with van der Waals surface area (Å²) in [5.41, 5.74) is 0.162. The quantitative estimate of drug-likeness (QED) is 0.668. The minimum Gasteiger partial charge on any atom is -0.444 e. The topological polar surface area (TPSA) is 29.5 Å². The molecular weight excluding hydrogens is 309 g/mol. The summed E-state index contributed by atoms with van der Waals surface area (Å²) in [5.74, 6) is 6.22. The van der Waals surface area contributed by atoms with Crippen LogP contribution in [0.15, 0.2) is 18.2 Å². The van der Waals surface area contributed by atoms with Crippen molar-refractivity contribution in [2.24, 2.45) is 5.92 Å². The predicted octanol–water partition coefficient (Wildman–Crippen LogP) is 4.21. The van der Waals surface area contributed by atoms with E-state index in [0.717, 1.165) is 0 Å². The largest absolute Gasteiger partial charge is 0.444 e. The van der Waals surface area contributed by atoms with Crippen LogP contribution in [0.2, 0.25) is 10.0 Å². The molecule has 1 saturated heterocycles. The van der Waals surface area contributed by atoms with Crippen LogP contribution in [0.4, 0.5) is 4.79 Å². The first kappa shape index (κ1) is 16.0. The third kappa shape index (κ3) is 4.30. The predicted molar refractivity (Wildman–Crippen MR) is 84.6 cm³/mol. The van der Waals surface area contributed by atoms with Gasteiger partial charge in [-0.3, -0.25) is 0 Å².